The van der Waals surface area contributed by atoms with Gasteiger partial charge in [-0.2, -0.15) is 0 Å². The Morgan fingerprint density at radius 2 is 1.57 bits per heavy atom. The van der Waals surface area contributed by atoms with E-state index in [2.05, 4.69) is 4.90 Å². The van der Waals surface area contributed by atoms with Crippen LogP contribution in [0.15, 0.2) is 0 Å². The van der Waals surface area contributed by atoms with E-state index in [4.69, 9.17) is 9.47 Å². The minimum Gasteiger partial charge on any atom is -0.389 e. The molecular formula is C17H31NO3. The fourth-order valence-electron chi connectivity index (χ4n) is 4.07. The van der Waals surface area contributed by atoms with Crippen molar-refractivity contribution < 1.29 is 14.6 Å². The molecule has 1 saturated carbocycles. The molecule has 3 rings (SSSR count). The van der Waals surface area contributed by atoms with Crippen molar-refractivity contribution in [3.8, 4) is 0 Å². The van der Waals surface area contributed by atoms with Gasteiger partial charge in [-0.1, -0.05) is 19.3 Å². The Bertz CT molecular complexity index is 303. The molecule has 0 bridgehead atoms. The summed E-state index contributed by atoms with van der Waals surface area (Å²) in [5, 5.41) is 10.7. The number of likely N-dealkylation sites (tertiary alicyclic amines) is 1. The molecule has 0 amide bonds. The highest BCUT2D eigenvalue weighted by Crippen LogP contribution is 2.30. The zero-order valence-electron chi connectivity index (χ0n) is 13.3. The molecule has 0 unspecified atom stereocenters. The van der Waals surface area contributed by atoms with E-state index in [1.807, 2.05) is 0 Å². The molecule has 4 heteroatoms. The van der Waals surface area contributed by atoms with E-state index in [1.54, 1.807) is 0 Å². The second kappa shape index (κ2) is 7.40. The lowest BCUT2D eigenvalue weighted by Gasteiger charge is -2.40. The fourth-order valence-corrected chi connectivity index (χ4v) is 4.07. The summed E-state index contributed by atoms with van der Waals surface area (Å²) in [6, 6.07) is 0. The highest BCUT2D eigenvalue weighted by atomic mass is 16.5. The zero-order valence-corrected chi connectivity index (χ0v) is 13.3. The van der Waals surface area contributed by atoms with Crippen LogP contribution in [0, 0.1) is 0 Å². The summed E-state index contributed by atoms with van der Waals surface area (Å²) in [5.41, 5.74) is -0.410. The molecule has 1 aliphatic carbocycles. The molecule has 0 atom stereocenters. The first-order chi connectivity index (χ1) is 10.2. The number of hydrogen-bond acceptors (Lipinski definition) is 4. The summed E-state index contributed by atoms with van der Waals surface area (Å²) in [6.07, 6.45) is 10.9. The molecule has 1 N–H and O–H groups in total. The van der Waals surface area contributed by atoms with Crippen LogP contribution in [0.1, 0.15) is 57.8 Å². The van der Waals surface area contributed by atoms with Gasteiger partial charge in [0.1, 0.15) is 0 Å². The zero-order chi connectivity index (χ0) is 14.5. The average Bonchev–Trinajstić information content (AvgIpc) is 2.51. The first-order valence-corrected chi connectivity index (χ1v) is 8.91. The number of aliphatic hydroxyl groups is 1. The van der Waals surface area contributed by atoms with Crippen molar-refractivity contribution in [1.82, 2.24) is 4.90 Å². The topological polar surface area (TPSA) is 41.9 Å². The summed E-state index contributed by atoms with van der Waals surface area (Å²) in [7, 11) is 0. The normalized spacial score (nSPS) is 29.6. The number of hydrogen-bond donors (Lipinski definition) is 1. The molecule has 3 fully saturated rings. The largest absolute Gasteiger partial charge is 0.389 e. The molecule has 3 aliphatic rings. The molecule has 0 radical (unpaired) electrons. The molecule has 0 aromatic heterocycles. The number of nitrogens with zero attached hydrogens (tertiary/aromatic N) is 1. The molecule has 0 aromatic carbocycles. The Balaban J connectivity index is 1.38. The van der Waals surface area contributed by atoms with Crippen molar-refractivity contribution in [2.45, 2.75) is 75.6 Å². The van der Waals surface area contributed by atoms with Gasteiger partial charge in [0.25, 0.3) is 0 Å². The second-order valence-electron chi connectivity index (χ2n) is 7.21. The van der Waals surface area contributed by atoms with Gasteiger partial charge in [-0.25, -0.2) is 0 Å². The van der Waals surface area contributed by atoms with Gasteiger partial charge < -0.3 is 19.5 Å². The Morgan fingerprint density at radius 3 is 2.24 bits per heavy atom. The van der Waals surface area contributed by atoms with Gasteiger partial charge >= 0.3 is 0 Å². The van der Waals surface area contributed by atoms with Crippen molar-refractivity contribution in [2.75, 3.05) is 32.8 Å². The Kier molecular flexibility index (Phi) is 5.54. The van der Waals surface area contributed by atoms with Gasteiger partial charge in [0.2, 0.25) is 0 Å². The minimum atomic E-state index is -0.410. The van der Waals surface area contributed by atoms with Gasteiger partial charge in [0.05, 0.1) is 17.8 Å². The van der Waals surface area contributed by atoms with Crippen molar-refractivity contribution >= 4 is 0 Å². The lowest BCUT2D eigenvalue weighted by atomic mass is 9.84. The third-order valence-corrected chi connectivity index (χ3v) is 5.39. The summed E-state index contributed by atoms with van der Waals surface area (Å²) in [5.74, 6) is 0. The van der Waals surface area contributed by atoms with Crippen molar-refractivity contribution in [1.29, 1.82) is 0 Å². The average molecular weight is 297 g/mol. The summed E-state index contributed by atoms with van der Waals surface area (Å²) < 4.78 is 11.6. The minimum absolute atomic E-state index is 0.410. The number of ether oxygens (including phenoxy) is 2. The van der Waals surface area contributed by atoms with E-state index in [9.17, 15) is 5.11 Å². The van der Waals surface area contributed by atoms with Crippen LogP contribution < -0.4 is 0 Å². The molecule has 4 nitrogen and oxygen atoms in total. The molecule has 2 aliphatic heterocycles. The highest BCUT2D eigenvalue weighted by molar-refractivity contribution is 4.87. The molecule has 122 valence electrons. The monoisotopic (exact) mass is 297 g/mol. The van der Waals surface area contributed by atoms with Crippen molar-refractivity contribution in [2.24, 2.45) is 0 Å². The number of piperidine rings is 1. The molecule has 2 heterocycles. The summed E-state index contributed by atoms with van der Waals surface area (Å²) in [4.78, 5) is 2.45. The van der Waals surface area contributed by atoms with E-state index in [0.29, 0.717) is 12.2 Å². The summed E-state index contributed by atoms with van der Waals surface area (Å²) in [6.45, 7) is 4.75. The van der Waals surface area contributed by atoms with Gasteiger partial charge in [0, 0.05) is 32.8 Å². The molecule has 21 heavy (non-hydrogen) atoms. The van der Waals surface area contributed by atoms with E-state index in [-0.39, 0.29) is 0 Å². The highest BCUT2D eigenvalue weighted by Gasteiger charge is 2.33. The third-order valence-electron chi connectivity index (χ3n) is 5.39. The van der Waals surface area contributed by atoms with Crippen LogP contribution in [0.25, 0.3) is 0 Å². The lowest BCUT2D eigenvalue weighted by Crippen LogP contribution is -2.48. The standard InChI is InChI=1S/C17H31NO3/c19-17(8-2-1-3-9-17)14-18-10-4-15(5-11-18)21-16-6-12-20-13-7-16/h15-16,19H,1-14H2. The van der Waals surface area contributed by atoms with Gasteiger partial charge in [-0.05, 0) is 38.5 Å². The van der Waals surface area contributed by atoms with Crippen LogP contribution in [-0.2, 0) is 9.47 Å². The van der Waals surface area contributed by atoms with Gasteiger partial charge in [-0.15, -0.1) is 0 Å². The van der Waals surface area contributed by atoms with Crippen molar-refractivity contribution in [3.05, 3.63) is 0 Å². The first-order valence-electron chi connectivity index (χ1n) is 8.91. The van der Waals surface area contributed by atoms with Gasteiger partial charge in [-0.3, -0.25) is 0 Å². The molecule has 0 spiro atoms. The third kappa shape index (κ3) is 4.65. The predicted molar refractivity (Wildman–Crippen MR) is 82.4 cm³/mol. The molecular weight excluding hydrogens is 266 g/mol. The maximum atomic E-state index is 10.7. The first kappa shape index (κ1) is 15.7. The summed E-state index contributed by atoms with van der Waals surface area (Å²) >= 11 is 0. The Morgan fingerprint density at radius 1 is 0.952 bits per heavy atom. The molecule has 2 saturated heterocycles. The smallest absolute Gasteiger partial charge is 0.0774 e. The van der Waals surface area contributed by atoms with Crippen LogP contribution in [0.4, 0.5) is 0 Å². The SMILES string of the molecule is OC1(CN2CCC(OC3CCOCC3)CC2)CCCCC1. The van der Waals surface area contributed by atoms with Crippen LogP contribution in [0.5, 0.6) is 0 Å². The Labute approximate surface area is 128 Å². The second-order valence-corrected chi connectivity index (χ2v) is 7.21. The van der Waals surface area contributed by atoms with Crippen LogP contribution in [0.3, 0.4) is 0 Å². The lowest BCUT2D eigenvalue weighted by molar-refractivity contribution is -0.0930. The van der Waals surface area contributed by atoms with Crippen molar-refractivity contribution in [3.63, 3.8) is 0 Å². The van der Waals surface area contributed by atoms with Gasteiger partial charge in [0.15, 0.2) is 0 Å². The predicted octanol–water partition coefficient (Wildman–Crippen LogP) is 2.34. The molecule has 0 aromatic rings. The van der Waals surface area contributed by atoms with E-state index in [1.165, 1.54) is 19.3 Å². The maximum absolute atomic E-state index is 10.7. The fraction of sp³-hybridized carbons (Fsp3) is 1.00. The van der Waals surface area contributed by atoms with Crippen LogP contribution in [-0.4, -0.2) is 60.7 Å². The number of rotatable bonds is 4. The van der Waals surface area contributed by atoms with Crippen LogP contribution >= 0.6 is 0 Å². The maximum Gasteiger partial charge on any atom is 0.0774 e. The quantitative estimate of drug-likeness (QED) is 0.865. The number of β-amino-alcohol motifs (C(OH)–C–C–N with tert-alkyl or cyclic N) is 1. The van der Waals surface area contributed by atoms with E-state index >= 15 is 0 Å². The van der Waals surface area contributed by atoms with E-state index < -0.39 is 5.60 Å². The van der Waals surface area contributed by atoms with E-state index in [0.717, 1.165) is 71.4 Å². The van der Waals surface area contributed by atoms with Crippen LogP contribution in [0.2, 0.25) is 0 Å². The Hall–Kier alpha value is -0.160.